The Hall–Kier alpha value is -2.17. The van der Waals surface area contributed by atoms with Crippen LogP contribution >= 0.6 is 0 Å². The predicted octanol–water partition coefficient (Wildman–Crippen LogP) is 1.38. The van der Waals surface area contributed by atoms with Crippen LogP contribution in [0.2, 0.25) is 0 Å². The number of rotatable bonds is 4. The number of nitrogens with one attached hydrogen (secondary N) is 1. The van der Waals surface area contributed by atoms with E-state index in [1.165, 1.54) is 0 Å². The summed E-state index contributed by atoms with van der Waals surface area (Å²) in [5.74, 6) is -0.296. The number of esters is 1. The molecule has 87 valence electrons. The third-order valence-corrected chi connectivity index (χ3v) is 2.21. The number of hydrogen-bond donors (Lipinski definition) is 1. The molecule has 0 aliphatic carbocycles. The average molecular weight is 230 g/mol. The van der Waals surface area contributed by atoms with Crippen molar-refractivity contribution in [1.82, 2.24) is 15.4 Å². The summed E-state index contributed by atoms with van der Waals surface area (Å²) < 4.78 is 4.88. The van der Waals surface area contributed by atoms with E-state index in [1.54, 1.807) is 13.0 Å². The molecule has 2 rings (SSSR count). The summed E-state index contributed by atoms with van der Waals surface area (Å²) >= 11 is 0. The summed E-state index contributed by atoms with van der Waals surface area (Å²) in [7, 11) is 0. The van der Waals surface area contributed by atoms with Gasteiger partial charge in [0.2, 0.25) is 0 Å². The largest absolute Gasteiger partial charge is 0.466 e. The highest BCUT2D eigenvalue weighted by Crippen LogP contribution is 2.18. The molecule has 0 unspecified atom stereocenters. The van der Waals surface area contributed by atoms with Crippen LogP contribution in [0.25, 0.3) is 11.3 Å². The molecule has 0 spiro atoms. The molecule has 17 heavy (non-hydrogen) atoms. The number of ether oxygens (including phenoxy) is 1. The molecule has 0 atom stereocenters. The Labute approximate surface area is 98.8 Å². The molecule has 5 nitrogen and oxygen atoms in total. The zero-order valence-electron chi connectivity index (χ0n) is 9.43. The molecule has 1 radical (unpaired) electrons. The maximum atomic E-state index is 11.4. The Balaban J connectivity index is 2.20. The molecule has 0 bridgehead atoms. The summed E-state index contributed by atoms with van der Waals surface area (Å²) in [6.07, 6.45) is 0.138. The molecule has 0 aliphatic heterocycles. The quantitative estimate of drug-likeness (QED) is 0.805. The van der Waals surface area contributed by atoms with Gasteiger partial charge in [0.25, 0.3) is 0 Å². The molecular formula is C12H12N3O2. The minimum Gasteiger partial charge on any atom is -0.466 e. The molecule has 2 aromatic rings. The van der Waals surface area contributed by atoms with Crippen molar-refractivity contribution in [2.75, 3.05) is 6.61 Å². The fourth-order valence-corrected chi connectivity index (χ4v) is 1.49. The van der Waals surface area contributed by atoms with Gasteiger partial charge in [0, 0.05) is 5.56 Å². The van der Waals surface area contributed by atoms with Gasteiger partial charge in [0.15, 0.2) is 0 Å². The van der Waals surface area contributed by atoms with Crippen molar-refractivity contribution >= 4 is 5.97 Å². The van der Waals surface area contributed by atoms with Gasteiger partial charge < -0.3 is 4.74 Å². The standard InChI is InChI=1S/C12H12N3O2/c1-2-17-11(16)8-10-12(14-15-13-10)9-6-4-3-5-7-9/h3-6H,2,8H2,1H3,(H,13,14,15). The van der Waals surface area contributed by atoms with E-state index < -0.39 is 0 Å². The molecule has 5 heteroatoms. The van der Waals surface area contributed by atoms with E-state index in [0.29, 0.717) is 18.0 Å². The Bertz CT molecular complexity index is 493. The monoisotopic (exact) mass is 230 g/mol. The third-order valence-electron chi connectivity index (χ3n) is 2.21. The zero-order valence-corrected chi connectivity index (χ0v) is 9.43. The van der Waals surface area contributed by atoms with E-state index in [9.17, 15) is 4.79 Å². The molecule has 1 N–H and O–H groups in total. The maximum absolute atomic E-state index is 11.4. The number of carbonyl (C=O) groups excluding carboxylic acids is 1. The van der Waals surface area contributed by atoms with E-state index in [1.807, 2.05) is 18.2 Å². The van der Waals surface area contributed by atoms with Gasteiger partial charge in [-0.3, -0.25) is 9.89 Å². The summed E-state index contributed by atoms with van der Waals surface area (Å²) in [5.41, 5.74) is 2.09. The summed E-state index contributed by atoms with van der Waals surface area (Å²) in [6, 6.07) is 10.5. The third kappa shape index (κ3) is 2.69. The van der Waals surface area contributed by atoms with Crippen LogP contribution < -0.4 is 0 Å². The van der Waals surface area contributed by atoms with E-state index in [4.69, 9.17) is 4.74 Å². The van der Waals surface area contributed by atoms with Crippen LogP contribution in [-0.4, -0.2) is 28.0 Å². The van der Waals surface area contributed by atoms with Gasteiger partial charge in [-0.05, 0) is 13.0 Å². The molecule has 1 aromatic heterocycles. The van der Waals surface area contributed by atoms with Crippen LogP contribution in [0.15, 0.2) is 24.3 Å². The van der Waals surface area contributed by atoms with Crippen molar-refractivity contribution < 1.29 is 9.53 Å². The van der Waals surface area contributed by atoms with Gasteiger partial charge in [-0.25, -0.2) is 0 Å². The van der Waals surface area contributed by atoms with E-state index in [0.717, 1.165) is 5.56 Å². The second-order valence-electron chi connectivity index (χ2n) is 3.40. The van der Waals surface area contributed by atoms with Gasteiger partial charge in [0.05, 0.1) is 18.7 Å². The van der Waals surface area contributed by atoms with Crippen LogP contribution in [0.3, 0.4) is 0 Å². The minimum absolute atomic E-state index is 0.138. The molecule has 1 aromatic carbocycles. The van der Waals surface area contributed by atoms with E-state index in [-0.39, 0.29) is 12.4 Å². The Morgan fingerprint density at radius 1 is 1.53 bits per heavy atom. The van der Waals surface area contributed by atoms with Gasteiger partial charge in [-0.2, -0.15) is 0 Å². The van der Waals surface area contributed by atoms with Crippen LogP contribution in [0.5, 0.6) is 0 Å². The lowest BCUT2D eigenvalue weighted by Crippen LogP contribution is -2.08. The highest BCUT2D eigenvalue weighted by atomic mass is 16.5. The zero-order chi connectivity index (χ0) is 12.1. The Kier molecular flexibility index (Phi) is 3.49. The highest BCUT2D eigenvalue weighted by Gasteiger charge is 2.13. The number of benzene rings is 1. The van der Waals surface area contributed by atoms with Crippen molar-refractivity contribution in [3.8, 4) is 11.3 Å². The Morgan fingerprint density at radius 3 is 3.12 bits per heavy atom. The molecule has 0 aliphatic rings. The lowest BCUT2D eigenvalue weighted by molar-refractivity contribution is -0.142. The minimum atomic E-state index is -0.296. The summed E-state index contributed by atoms with van der Waals surface area (Å²) in [6.45, 7) is 2.14. The first kappa shape index (κ1) is 11.3. The molecule has 1 heterocycles. The molecule has 0 saturated heterocycles. The van der Waals surface area contributed by atoms with E-state index >= 15 is 0 Å². The van der Waals surface area contributed by atoms with Gasteiger partial charge in [-0.15, -0.1) is 5.10 Å². The highest BCUT2D eigenvalue weighted by molar-refractivity contribution is 5.75. The predicted molar refractivity (Wildman–Crippen MR) is 61.0 cm³/mol. The summed E-state index contributed by atoms with van der Waals surface area (Å²) in [5, 5.41) is 10.4. The molecule has 0 fully saturated rings. The van der Waals surface area contributed by atoms with Crippen molar-refractivity contribution in [3.05, 3.63) is 36.0 Å². The van der Waals surface area contributed by atoms with Gasteiger partial charge >= 0.3 is 5.97 Å². The Morgan fingerprint density at radius 2 is 2.41 bits per heavy atom. The number of aromatic nitrogens is 3. The molecule has 0 saturated carbocycles. The van der Waals surface area contributed by atoms with Crippen LogP contribution in [0.4, 0.5) is 0 Å². The van der Waals surface area contributed by atoms with Crippen molar-refractivity contribution in [1.29, 1.82) is 0 Å². The first-order chi connectivity index (χ1) is 8.31. The number of nitrogens with zero attached hydrogens (tertiary/aromatic N) is 2. The summed E-state index contributed by atoms with van der Waals surface area (Å²) in [4.78, 5) is 11.4. The first-order valence-electron chi connectivity index (χ1n) is 5.34. The van der Waals surface area contributed by atoms with Crippen molar-refractivity contribution in [2.24, 2.45) is 0 Å². The van der Waals surface area contributed by atoms with Crippen molar-refractivity contribution in [3.63, 3.8) is 0 Å². The first-order valence-corrected chi connectivity index (χ1v) is 5.34. The van der Waals surface area contributed by atoms with E-state index in [2.05, 4.69) is 21.5 Å². The topological polar surface area (TPSA) is 67.9 Å². The van der Waals surface area contributed by atoms with Gasteiger partial charge in [-0.1, -0.05) is 29.5 Å². The SMILES string of the molecule is CCOC(=O)Cc1[nH]nnc1-c1[c]cccc1. The maximum Gasteiger partial charge on any atom is 0.311 e. The number of aromatic amines is 1. The average Bonchev–Trinajstić information content (AvgIpc) is 2.78. The van der Waals surface area contributed by atoms with Crippen LogP contribution in [0.1, 0.15) is 12.6 Å². The fraction of sp³-hybridized carbons (Fsp3) is 0.250. The normalized spacial score (nSPS) is 10.2. The van der Waals surface area contributed by atoms with Crippen LogP contribution in [0, 0.1) is 6.07 Å². The number of hydrogen-bond acceptors (Lipinski definition) is 4. The fourth-order valence-electron chi connectivity index (χ4n) is 1.49. The second kappa shape index (κ2) is 5.25. The van der Waals surface area contributed by atoms with Crippen LogP contribution in [-0.2, 0) is 16.0 Å². The second-order valence-corrected chi connectivity index (χ2v) is 3.40. The molecule has 0 amide bonds. The van der Waals surface area contributed by atoms with Crippen molar-refractivity contribution in [2.45, 2.75) is 13.3 Å². The number of carbonyl (C=O) groups is 1. The van der Waals surface area contributed by atoms with Gasteiger partial charge in [0.1, 0.15) is 5.69 Å². The lowest BCUT2D eigenvalue weighted by Gasteiger charge is -2.01. The lowest BCUT2D eigenvalue weighted by atomic mass is 10.1. The number of H-pyrrole nitrogens is 1. The molecular weight excluding hydrogens is 218 g/mol. The smallest absolute Gasteiger partial charge is 0.311 e.